The van der Waals surface area contributed by atoms with E-state index < -0.39 is 6.29 Å². The molecule has 0 saturated heterocycles. The van der Waals surface area contributed by atoms with Gasteiger partial charge in [-0.3, -0.25) is 5.10 Å². The number of nitrogens with zero attached hydrogens (tertiary/aromatic N) is 2. The van der Waals surface area contributed by atoms with Crippen molar-refractivity contribution in [1.82, 2.24) is 15.2 Å². The molecular formula is C12H15N3O2S. The van der Waals surface area contributed by atoms with Crippen LogP contribution in [0.3, 0.4) is 0 Å². The van der Waals surface area contributed by atoms with Gasteiger partial charge in [0.05, 0.1) is 17.5 Å². The van der Waals surface area contributed by atoms with Gasteiger partial charge in [0.25, 0.3) is 0 Å². The van der Waals surface area contributed by atoms with Crippen LogP contribution in [0.1, 0.15) is 35.8 Å². The van der Waals surface area contributed by atoms with Crippen LogP contribution in [0.5, 0.6) is 0 Å². The summed E-state index contributed by atoms with van der Waals surface area (Å²) in [6.45, 7) is 2.31. The van der Waals surface area contributed by atoms with Gasteiger partial charge in [-0.15, -0.1) is 11.3 Å². The first-order chi connectivity index (χ1) is 8.79. The number of nitrogens with one attached hydrogen (secondary N) is 1. The number of hydrogen-bond donors (Lipinski definition) is 2. The highest BCUT2D eigenvalue weighted by Gasteiger charge is 2.22. The first-order valence-electron chi connectivity index (χ1n) is 6.11. The van der Waals surface area contributed by atoms with E-state index in [-0.39, 0.29) is 0 Å². The average molecular weight is 265 g/mol. The molecule has 0 aliphatic heterocycles. The molecule has 2 N–H and O–H groups in total. The van der Waals surface area contributed by atoms with E-state index in [0.717, 1.165) is 23.5 Å². The zero-order valence-electron chi connectivity index (χ0n) is 10.1. The lowest BCUT2D eigenvalue weighted by atomic mass is 10.2. The fourth-order valence-corrected chi connectivity index (χ4v) is 3.37. The maximum Gasteiger partial charge on any atom is 0.184 e. The highest BCUT2D eigenvalue weighted by atomic mass is 32.1. The molecule has 0 saturated carbocycles. The van der Waals surface area contributed by atoms with Crippen molar-refractivity contribution in [1.29, 1.82) is 0 Å². The molecule has 6 heteroatoms. The third kappa shape index (κ3) is 1.96. The number of ether oxygens (including phenoxy) is 1. The van der Waals surface area contributed by atoms with Gasteiger partial charge in [-0.2, -0.15) is 5.10 Å². The van der Waals surface area contributed by atoms with E-state index in [2.05, 4.69) is 15.2 Å². The molecule has 0 aromatic carbocycles. The Kier molecular flexibility index (Phi) is 3.15. The van der Waals surface area contributed by atoms with Crippen LogP contribution in [-0.2, 0) is 17.6 Å². The summed E-state index contributed by atoms with van der Waals surface area (Å²) in [6, 6.07) is 0. The van der Waals surface area contributed by atoms with Crippen molar-refractivity contribution < 1.29 is 9.84 Å². The van der Waals surface area contributed by atoms with Crippen molar-refractivity contribution in [3.05, 3.63) is 22.3 Å². The van der Waals surface area contributed by atoms with E-state index in [1.807, 2.05) is 6.92 Å². The van der Waals surface area contributed by atoms with Gasteiger partial charge in [-0.1, -0.05) is 0 Å². The van der Waals surface area contributed by atoms with Gasteiger partial charge < -0.3 is 9.84 Å². The normalized spacial score (nSPS) is 15.9. The van der Waals surface area contributed by atoms with Gasteiger partial charge in [-0.25, -0.2) is 4.98 Å². The van der Waals surface area contributed by atoms with Crippen LogP contribution in [0.4, 0.5) is 0 Å². The minimum absolute atomic E-state index is 0.458. The Labute approximate surface area is 109 Å². The molecule has 18 heavy (non-hydrogen) atoms. The number of aromatic amines is 1. The van der Waals surface area contributed by atoms with E-state index in [1.54, 1.807) is 17.5 Å². The zero-order chi connectivity index (χ0) is 12.5. The average Bonchev–Trinajstić information content (AvgIpc) is 3.03. The smallest absolute Gasteiger partial charge is 0.184 e. The molecule has 96 valence electrons. The van der Waals surface area contributed by atoms with E-state index >= 15 is 0 Å². The van der Waals surface area contributed by atoms with Crippen molar-refractivity contribution in [2.24, 2.45) is 0 Å². The van der Waals surface area contributed by atoms with Gasteiger partial charge in [0.15, 0.2) is 6.29 Å². The van der Waals surface area contributed by atoms with Crippen molar-refractivity contribution in [3.8, 4) is 10.7 Å². The molecule has 0 spiro atoms. The Morgan fingerprint density at radius 1 is 1.56 bits per heavy atom. The zero-order valence-corrected chi connectivity index (χ0v) is 11.0. The number of aliphatic hydroxyl groups is 1. The van der Waals surface area contributed by atoms with E-state index in [4.69, 9.17) is 4.74 Å². The SMILES string of the molecule is CCOC(O)c1cn[nH]c1-c1nc2c(s1)CCC2. The van der Waals surface area contributed by atoms with Gasteiger partial charge in [0, 0.05) is 11.5 Å². The summed E-state index contributed by atoms with van der Waals surface area (Å²) >= 11 is 1.68. The number of rotatable bonds is 4. The minimum atomic E-state index is -0.942. The van der Waals surface area contributed by atoms with Crippen LogP contribution >= 0.6 is 11.3 Å². The largest absolute Gasteiger partial charge is 0.364 e. The standard InChI is InChI=1S/C12H15N3O2S/c1-2-17-12(16)7-6-13-15-10(7)11-14-8-4-3-5-9(8)18-11/h6,12,16H,2-5H2,1H3,(H,13,15). The first kappa shape index (κ1) is 11.8. The van der Waals surface area contributed by atoms with Gasteiger partial charge >= 0.3 is 0 Å². The summed E-state index contributed by atoms with van der Waals surface area (Å²) in [6.07, 6.45) is 4.03. The number of thiazole rings is 1. The lowest BCUT2D eigenvalue weighted by molar-refractivity contribution is -0.0975. The van der Waals surface area contributed by atoms with Crippen molar-refractivity contribution >= 4 is 11.3 Å². The molecule has 0 bridgehead atoms. The highest BCUT2D eigenvalue weighted by Crippen LogP contribution is 2.35. The molecule has 3 rings (SSSR count). The summed E-state index contributed by atoms with van der Waals surface area (Å²) in [5.74, 6) is 0. The van der Waals surface area contributed by atoms with E-state index in [0.29, 0.717) is 12.2 Å². The molecular weight excluding hydrogens is 250 g/mol. The summed E-state index contributed by atoms with van der Waals surface area (Å²) in [7, 11) is 0. The molecule has 2 aromatic rings. The number of fused-ring (bicyclic) bond motifs is 1. The second kappa shape index (κ2) is 4.79. The van der Waals surface area contributed by atoms with Crippen molar-refractivity contribution in [2.75, 3.05) is 6.61 Å². The summed E-state index contributed by atoms with van der Waals surface area (Å²) in [5, 5.41) is 17.7. The quantitative estimate of drug-likeness (QED) is 0.830. The molecule has 1 unspecified atom stereocenters. The van der Waals surface area contributed by atoms with Crippen molar-refractivity contribution in [3.63, 3.8) is 0 Å². The van der Waals surface area contributed by atoms with Crippen LogP contribution in [-0.4, -0.2) is 26.9 Å². The minimum Gasteiger partial charge on any atom is -0.364 e. The Hall–Kier alpha value is -1.24. The third-order valence-electron chi connectivity index (χ3n) is 3.07. The summed E-state index contributed by atoms with van der Waals surface area (Å²) in [4.78, 5) is 5.97. The first-order valence-corrected chi connectivity index (χ1v) is 6.93. The maximum absolute atomic E-state index is 9.89. The van der Waals surface area contributed by atoms with E-state index in [1.165, 1.54) is 17.0 Å². The number of H-pyrrole nitrogens is 1. The molecule has 2 heterocycles. The Bertz CT molecular complexity index is 528. The molecule has 0 fully saturated rings. The maximum atomic E-state index is 9.89. The fourth-order valence-electron chi connectivity index (χ4n) is 2.20. The van der Waals surface area contributed by atoms with Crippen LogP contribution in [0.15, 0.2) is 6.20 Å². The molecule has 1 aliphatic rings. The van der Waals surface area contributed by atoms with E-state index in [9.17, 15) is 5.11 Å². The molecule has 1 atom stereocenters. The molecule has 2 aromatic heterocycles. The topological polar surface area (TPSA) is 71.0 Å². The lowest BCUT2D eigenvalue weighted by Gasteiger charge is -2.09. The second-order valence-corrected chi connectivity index (χ2v) is 5.33. The number of aryl methyl sites for hydroxylation is 2. The summed E-state index contributed by atoms with van der Waals surface area (Å²) < 4.78 is 5.20. The van der Waals surface area contributed by atoms with Crippen molar-refractivity contribution in [2.45, 2.75) is 32.5 Å². The second-order valence-electron chi connectivity index (χ2n) is 4.25. The predicted molar refractivity (Wildman–Crippen MR) is 68.3 cm³/mol. The van der Waals surface area contributed by atoms with Crippen LogP contribution < -0.4 is 0 Å². The van der Waals surface area contributed by atoms with Gasteiger partial charge in [0.1, 0.15) is 10.7 Å². The molecule has 0 amide bonds. The molecule has 5 nitrogen and oxygen atoms in total. The highest BCUT2D eigenvalue weighted by molar-refractivity contribution is 7.15. The number of aromatic nitrogens is 3. The Morgan fingerprint density at radius 3 is 3.22 bits per heavy atom. The Balaban J connectivity index is 1.94. The van der Waals surface area contributed by atoms with Gasteiger partial charge in [-0.05, 0) is 26.2 Å². The van der Waals surface area contributed by atoms with Crippen LogP contribution in [0.25, 0.3) is 10.7 Å². The summed E-state index contributed by atoms with van der Waals surface area (Å²) in [5.41, 5.74) is 2.63. The molecule has 1 aliphatic carbocycles. The fraction of sp³-hybridized carbons (Fsp3) is 0.500. The molecule has 0 radical (unpaired) electrons. The van der Waals surface area contributed by atoms with Crippen LogP contribution in [0.2, 0.25) is 0 Å². The number of hydrogen-bond acceptors (Lipinski definition) is 5. The predicted octanol–water partition coefficient (Wildman–Crippen LogP) is 2.05. The Morgan fingerprint density at radius 2 is 2.44 bits per heavy atom. The van der Waals surface area contributed by atoms with Crippen LogP contribution in [0, 0.1) is 0 Å². The monoisotopic (exact) mass is 265 g/mol. The third-order valence-corrected chi connectivity index (χ3v) is 4.24. The van der Waals surface area contributed by atoms with Gasteiger partial charge in [0.2, 0.25) is 0 Å². The number of aliphatic hydroxyl groups excluding tert-OH is 1. The lowest BCUT2D eigenvalue weighted by Crippen LogP contribution is -2.03.